The first kappa shape index (κ1) is 15.5. The summed E-state index contributed by atoms with van der Waals surface area (Å²) in [5.74, 6) is -0.391. The van der Waals surface area contributed by atoms with Crippen molar-refractivity contribution in [1.82, 2.24) is 4.90 Å². The van der Waals surface area contributed by atoms with Crippen molar-refractivity contribution in [2.75, 3.05) is 0 Å². The standard InChI is InChI=1S/C16H21NO4/c1-16(2,3)21-15(20)17-12(13(18)10-14(17)19)9-11-7-5-4-6-8-11/h4-8,12-13,18H,9-10H2,1-3H3. The predicted molar refractivity (Wildman–Crippen MR) is 77.6 cm³/mol. The van der Waals surface area contributed by atoms with E-state index < -0.39 is 29.7 Å². The highest BCUT2D eigenvalue weighted by molar-refractivity contribution is 5.94. The van der Waals surface area contributed by atoms with Crippen molar-refractivity contribution in [3.8, 4) is 0 Å². The van der Waals surface area contributed by atoms with Gasteiger partial charge in [0.1, 0.15) is 5.60 Å². The van der Waals surface area contributed by atoms with E-state index in [4.69, 9.17) is 4.74 Å². The summed E-state index contributed by atoms with van der Waals surface area (Å²) in [5.41, 5.74) is 0.284. The molecular formula is C16H21NO4. The van der Waals surface area contributed by atoms with Gasteiger partial charge in [-0.1, -0.05) is 30.3 Å². The molecule has 1 aliphatic rings. The number of aliphatic hydroxyl groups is 1. The van der Waals surface area contributed by atoms with Crippen LogP contribution in [0, 0.1) is 0 Å². The maximum absolute atomic E-state index is 12.2. The van der Waals surface area contributed by atoms with Gasteiger partial charge in [-0.3, -0.25) is 4.79 Å². The van der Waals surface area contributed by atoms with Gasteiger partial charge in [0.25, 0.3) is 0 Å². The quantitative estimate of drug-likeness (QED) is 0.906. The molecule has 1 aromatic rings. The molecule has 21 heavy (non-hydrogen) atoms. The minimum atomic E-state index is -0.856. The van der Waals surface area contributed by atoms with E-state index in [1.807, 2.05) is 30.3 Å². The number of rotatable bonds is 2. The molecule has 0 aromatic heterocycles. The minimum Gasteiger partial charge on any atom is -0.443 e. The van der Waals surface area contributed by atoms with E-state index in [0.717, 1.165) is 10.5 Å². The van der Waals surface area contributed by atoms with E-state index >= 15 is 0 Å². The number of hydrogen-bond donors (Lipinski definition) is 1. The SMILES string of the molecule is CC(C)(C)OC(=O)N1C(=O)CC(O)C1Cc1ccccc1. The number of hydrogen-bond acceptors (Lipinski definition) is 4. The highest BCUT2D eigenvalue weighted by atomic mass is 16.6. The molecule has 2 unspecified atom stereocenters. The third-order valence-corrected chi connectivity index (χ3v) is 3.31. The molecule has 0 spiro atoms. The second-order valence-corrected chi connectivity index (χ2v) is 6.27. The van der Waals surface area contributed by atoms with Crippen LogP contribution < -0.4 is 0 Å². The molecule has 2 amide bonds. The maximum Gasteiger partial charge on any atom is 0.417 e. The van der Waals surface area contributed by atoms with Gasteiger partial charge in [-0.05, 0) is 32.8 Å². The molecule has 0 bridgehead atoms. The van der Waals surface area contributed by atoms with E-state index in [1.165, 1.54) is 0 Å². The summed E-state index contributed by atoms with van der Waals surface area (Å²) in [6, 6.07) is 8.90. The van der Waals surface area contributed by atoms with Crippen molar-refractivity contribution in [2.45, 2.75) is 51.4 Å². The van der Waals surface area contributed by atoms with Crippen molar-refractivity contribution in [1.29, 1.82) is 0 Å². The zero-order valence-electron chi connectivity index (χ0n) is 12.6. The molecule has 0 saturated carbocycles. The average Bonchev–Trinajstić information content (AvgIpc) is 2.63. The summed E-state index contributed by atoms with van der Waals surface area (Å²) in [5, 5.41) is 10.1. The third-order valence-electron chi connectivity index (χ3n) is 3.31. The topological polar surface area (TPSA) is 66.8 Å². The van der Waals surface area contributed by atoms with Gasteiger partial charge in [-0.2, -0.15) is 0 Å². The van der Waals surface area contributed by atoms with Crippen LogP contribution in [0.3, 0.4) is 0 Å². The fraction of sp³-hybridized carbons (Fsp3) is 0.500. The number of carbonyl (C=O) groups is 2. The third kappa shape index (κ3) is 3.82. The molecule has 0 aliphatic carbocycles. The van der Waals surface area contributed by atoms with Gasteiger partial charge in [0.15, 0.2) is 0 Å². The molecule has 1 fully saturated rings. The zero-order valence-corrected chi connectivity index (χ0v) is 12.6. The van der Waals surface area contributed by atoms with E-state index in [1.54, 1.807) is 20.8 Å². The van der Waals surface area contributed by atoms with Crippen molar-refractivity contribution >= 4 is 12.0 Å². The number of imide groups is 1. The fourth-order valence-electron chi connectivity index (χ4n) is 2.40. The van der Waals surface area contributed by atoms with Crippen molar-refractivity contribution in [3.05, 3.63) is 35.9 Å². The van der Waals surface area contributed by atoms with Crippen molar-refractivity contribution < 1.29 is 19.4 Å². The summed E-state index contributed by atoms with van der Waals surface area (Å²) in [6.45, 7) is 5.23. The van der Waals surface area contributed by atoms with Crippen LogP contribution in [0.5, 0.6) is 0 Å². The lowest BCUT2D eigenvalue weighted by Gasteiger charge is -2.28. The van der Waals surface area contributed by atoms with Gasteiger partial charge in [0, 0.05) is 0 Å². The highest BCUT2D eigenvalue weighted by Crippen LogP contribution is 2.25. The normalized spacial score (nSPS) is 22.5. The molecule has 1 N–H and O–H groups in total. The summed E-state index contributed by atoms with van der Waals surface area (Å²) < 4.78 is 5.26. The molecule has 114 valence electrons. The Morgan fingerprint density at radius 3 is 2.52 bits per heavy atom. The highest BCUT2D eigenvalue weighted by Gasteiger charge is 2.44. The predicted octanol–water partition coefficient (Wildman–Crippen LogP) is 2.13. The summed E-state index contributed by atoms with van der Waals surface area (Å²) in [6.07, 6.45) is -1.17. The lowest BCUT2D eigenvalue weighted by atomic mass is 10.0. The fourth-order valence-corrected chi connectivity index (χ4v) is 2.40. The van der Waals surface area contributed by atoms with Crippen LogP contribution in [0.1, 0.15) is 32.8 Å². The molecule has 1 heterocycles. The maximum atomic E-state index is 12.2. The number of ether oxygens (including phenoxy) is 1. The molecule has 1 aromatic carbocycles. The number of amides is 2. The summed E-state index contributed by atoms with van der Waals surface area (Å²) in [4.78, 5) is 25.2. The second kappa shape index (κ2) is 5.85. The van der Waals surface area contributed by atoms with Crippen LogP contribution in [0.2, 0.25) is 0 Å². The first-order chi connectivity index (χ1) is 9.78. The molecular weight excluding hydrogens is 270 g/mol. The Balaban J connectivity index is 2.17. The van der Waals surface area contributed by atoms with E-state index in [-0.39, 0.29) is 6.42 Å². The number of aliphatic hydroxyl groups excluding tert-OH is 1. The van der Waals surface area contributed by atoms with Gasteiger partial charge < -0.3 is 9.84 Å². The van der Waals surface area contributed by atoms with Gasteiger partial charge in [0.2, 0.25) is 5.91 Å². The van der Waals surface area contributed by atoms with Crippen LogP contribution in [-0.2, 0) is 16.0 Å². The largest absolute Gasteiger partial charge is 0.443 e. The Kier molecular flexibility index (Phi) is 4.32. The Bertz CT molecular complexity index is 521. The lowest BCUT2D eigenvalue weighted by Crippen LogP contribution is -2.45. The molecule has 5 heteroatoms. The van der Waals surface area contributed by atoms with Crippen LogP contribution >= 0.6 is 0 Å². The van der Waals surface area contributed by atoms with Crippen LogP contribution in [0.4, 0.5) is 4.79 Å². The van der Waals surface area contributed by atoms with Crippen molar-refractivity contribution in [3.63, 3.8) is 0 Å². The van der Waals surface area contributed by atoms with Crippen LogP contribution in [0.25, 0.3) is 0 Å². The number of benzene rings is 1. The molecule has 2 rings (SSSR count). The Hall–Kier alpha value is -1.88. The average molecular weight is 291 g/mol. The lowest BCUT2D eigenvalue weighted by molar-refractivity contribution is -0.128. The monoisotopic (exact) mass is 291 g/mol. The summed E-state index contributed by atoms with van der Waals surface area (Å²) >= 11 is 0. The van der Waals surface area contributed by atoms with E-state index in [0.29, 0.717) is 6.42 Å². The van der Waals surface area contributed by atoms with E-state index in [9.17, 15) is 14.7 Å². The summed E-state index contributed by atoms with van der Waals surface area (Å²) in [7, 11) is 0. The molecule has 1 saturated heterocycles. The molecule has 0 radical (unpaired) electrons. The van der Waals surface area contributed by atoms with Crippen LogP contribution in [-0.4, -0.2) is 39.8 Å². The van der Waals surface area contributed by atoms with Gasteiger partial charge in [-0.25, -0.2) is 9.69 Å². The molecule has 1 aliphatic heterocycles. The first-order valence-corrected chi connectivity index (χ1v) is 7.05. The molecule has 2 atom stereocenters. The zero-order chi connectivity index (χ0) is 15.6. The van der Waals surface area contributed by atoms with Crippen molar-refractivity contribution in [2.24, 2.45) is 0 Å². The smallest absolute Gasteiger partial charge is 0.417 e. The number of nitrogens with zero attached hydrogens (tertiary/aromatic N) is 1. The Labute approximate surface area is 124 Å². The Morgan fingerprint density at radius 2 is 1.95 bits per heavy atom. The van der Waals surface area contributed by atoms with E-state index in [2.05, 4.69) is 0 Å². The first-order valence-electron chi connectivity index (χ1n) is 7.05. The van der Waals surface area contributed by atoms with Crippen LogP contribution in [0.15, 0.2) is 30.3 Å². The minimum absolute atomic E-state index is 0.0449. The molecule has 5 nitrogen and oxygen atoms in total. The number of carbonyl (C=O) groups excluding carboxylic acids is 2. The van der Waals surface area contributed by atoms with Gasteiger partial charge >= 0.3 is 6.09 Å². The Morgan fingerprint density at radius 1 is 1.33 bits per heavy atom. The second-order valence-electron chi connectivity index (χ2n) is 6.27. The van der Waals surface area contributed by atoms with Gasteiger partial charge in [-0.15, -0.1) is 0 Å². The van der Waals surface area contributed by atoms with Gasteiger partial charge in [0.05, 0.1) is 18.6 Å². The number of likely N-dealkylation sites (tertiary alicyclic amines) is 1.